The van der Waals surface area contributed by atoms with Crippen LogP contribution in [0, 0.1) is 0 Å². The topological polar surface area (TPSA) is 24.9 Å². The predicted molar refractivity (Wildman–Crippen MR) is 87.4 cm³/mol. The van der Waals surface area contributed by atoms with Crippen molar-refractivity contribution < 1.29 is 0 Å². The first-order chi connectivity index (χ1) is 10.4. The highest BCUT2D eigenvalue weighted by atomic mass is 14.9. The standard InChI is InChI=1S/C19H24N2/c1-20-19(12-11-15-6-5-13-21-14-15)18-10-3-2-9-17(18)16-7-4-8-16/h2-3,5-6,9-10,13-14,16,19-20H,4,7-8,11-12H2,1H3. The van der Waals surface area contributed by atoms with Gasteiger partial charge in [0.05, 0.1) is 0 Å². The maximum Gasteiger partial charge on any atom is 0.0323 e. The SMILES string of the molecule is CNC(CCc1cccnc1)c1ccccc1C1CCC1. The molecular weight excluding hydrogens is 256 g/mol. The van der Waals surface area contributed by atoms with E-state index in [-0.39, 0.29) is 0 Å². The molecule has 1 unspecified atom stereocenters. The Labute approximate surface area is 127 Å². The summed E-state index contributed by atoms with van der Waals surface area (Å²) in [6.45, 7) is 0. The summed E-state index contributed by atoms with van der Waals surface area (Å²) in [6.07, 6.45) is 10.1. The molecule has 2 aromatic rings. The third-order valence-electron chi connectivity index (χ3n) is 4.71. The van der Waals surface area contributed by atoms with Gasteiger partial charge in [0.1, 0.15) is 0 Å². The van der Waals surface area contributed by atoms with Crippen molar-refractivity contribution in [1.29, 1.82) is 0 Å². The van der Waals surface area contributed by atoms with Gasteiger partial charge in [-0.05, 0) is 61.4 Å². The molecule has 110 valence electrons. The Bertz CT molecular complexity index is 561. The first kappa shape index (κ1) is 14.3. The van der Waals surface area contributed by atoms with Gasteiger partial charge in [0.15, 0.2) is 0 Å². The van der Waals surface area contributed by atoms with Gasteiger partial charge >= 0.3 is 0 Å². The number of hydrogen-bond acceptors (Lipinski definition) is 2. The highest BCUT2D eigenvalue weighted by Crippen LogP contribution is 2.40. The highest BCUT2D eigenvalue weighted by Gasteiger charge is 2.24. The summed E-state index contributed by atoms with van der Waals surface area (Å²) in [7, 11) is 2.07. The molecule has 0 saturated heterocycles. The van der Waals surface area contributed by atoms with E-state index in [0.717, 1.165) is 18.8 Å². The second-order valence-electron chi connectivity index (χ2n) is 6.00. The number of rotatable bonds is 6. The molecule has 1 aromatic heterocycles. The van der Waals surface area contributed by atoms with Crippen molar-refractivity contribution in [3.8, 4) is 0 Å². The molecule has 2 nitrogen and oxygen atoms in total. The number of hydrogen-bond donors (Lipinski definition) is 1. The third-order valence-corrected chi connectivity index (χ3v) is 4.71. The van der Waals surface area contributed by atoms with E-state index in [9.17, 15) is 0 Å². The van der Waals surface area contributed by atoms with Crippen LogP contribution < -0.4 is 5.32 Å². The largest absolute Gasteiger partial charge is 0.313 e. The first-order valence-electron chi connectivity index (χ1n) is 8.03. The highest BCUT2D eigenvalue weighted by molar-refractivity contribution is 5.34. The van der Waals surface area contributed by atoms with Crippen molar-refractivity contribution in [3.05, 3.63) is 65.5 Å². The number of nitrogens with one attached hydrogen (secondary N) is 1. The van der Waals surface area contributed by atoms with E-state index < -0.39 is 0 Å². The Morgan fingerprint density at radius 1 is 1.19 bits per heavy atom. The lowest BCUT2D eigenvalue weighted by Crippen LogP contribution is -2.21. The van der Waals surface area contributed by atoms with E-state index in [1.165, 1.54) is 30.4 Å². The summed E-state index contributed by atoms with van der Waals surface area (Å²) < 4.78 is 0. The fourth-order valence-electron chi connectivity index (χ4n) is 3.23. The molecule has 1 aliphatic rings. The van der Waals surface area contributed by atoms with E-state index in [4.69, 9.17) is 0 Å². The molecule has 0 aliphatic heterocycles. The minimum atomic E-state index is 0.432. The van der Waals surface area contributed by atoms with Crippen LogP contribution in [0.25, 0.3) is 0 Å². The van der Waals surface area contributed by atoms with Crippen molar-refractivity contribution in [2.75, 3.05) is 7.05 Å². The average molecular weight is 280 g/mol. The molecule has 3 rings (SSSR count). The zero-order valence-corrected chi connectivity index (χ0v) is 12.8. The molecule has 1 aromatic carbocycles. The van der Waals surface area contributed by atoms with Gasteiger partial charge in [-0.15, -0.1) is 0 Å². The van der Waals surface area contributed by atoms with Gasteiger partial charge in [-0.2, -0.15) is 0 Å². The molecule has 0 amide bonds. The van der Waals surface area contributed by atoms with Crippen LogP contribution in [0.2, 0.25) is 0 Å². The Morgan fingerprint density at radius 3 is 2.71 bits per heavy atom. The van der Waals surface area contributed by atoms with E-state index in [1.54, 1.807) is 5.56 Å². The average Bonchev–Trinajstić information content (AvgIpc) is 2.49. The molecule has 1 N–H and O–H groups in total. The van der Waals surface area contributed by atoms with Crippen LogP contribution >= 0.6 is 0 Å². The van der Waals surface area contributed by atoms with Crippen molar-refractivity contribution in [2.24, 2.45) is 0 Å². The first-order valence-corrected chi connectivity index (χ1v) is 8.03. The summed E-state index contributed by atoms with van der Waals surface area (Å²) in [5.74, 6) is 0.787. The molecule has 1 atom stereocenters. The third kappa shape index (κ3) is 3.33. The van der Waals surface area contributed by atoms with E-state index >= 15 is 0 Å². The molecule has 0 spiro atoms. The summed E-state index contributed by atoms with van der Waals surface area (Å²) in [4.78, 5) is 4.21. The smallest absolute Gasteiger partial charge is 0.0323 e. The fourth-order valence-corrected chi connectivity index (χ4v) is 3.23. The van der Waals surface area contributed by atoms with Gasteiger partial charge in [0.2, 0.25) is 0 Å². The molecule has 2 heteroatoms. The maximum atomic E-state index is 4.21. The second-order valence-corrected chi connectivity index (χ2v) is 6.00. The minimum absolute atomic E-state index is 0.432. The molecule has 0 radical (unpaired) electrons. The van der Waals surface area contributed by atoms with Crippen LogP contribution in [-0.2, 0) is 6.42 Å². The quantitative estimate of drug-likeness (QED) is 0.856. The number of nitrogens with zero attached hydrogens (tertiary/aromatic N) is 1. The minimum Gasteiger partial charge on any atom is -0.313 e. The van der Waals surface area contributed by atoms with Crippen LogP contribution in [0.5, 0.6) is 0 Å². The zero-order chi connectivity index (χ0) is 14.5. The molecule has 1 aliphatic carbocycles. The van der Waals surface area contributed by atoms with E-state index in [2.05, 4.69) is 47.7 Å². The molecule has 21 heavy (non-hydrogen) atoms. The molecule has 0 bridgehead atoms. The summed E-state index contributed by atoms with van der Waals surface area (Å²) in [5, 5.41) is 3.51. The lowest BCUT2D eigenvalue weighted by Gasteiger charge is -2.30. The van der Waals surface area contributed by atoms with Crippen LogP contribution in [0.3, 0.4) is 0 Å². The van der Waals surface area contributed by atoms with Gasteiger partial charge in [0.25, 0.3) is 0 Å². The number of pyridine rings is 1. The van der Waals surface area contributed by atoms with E-state index in [0.29, 0.717) is 6.04 Å². The Kier molecular flexibility index (Phi) is 4.66. The second kappa shape index (κ2) is 6.86. The van der Waals surface area contributed by atoms with Crippen molar-refractivity contribution >= 4 is 0 Å². The van der Waals surface area contributed by atoms with Gasteiger partial charge in [-0.1, -0.05) is 36.8 Å². The normalized spacial score (nSPS) is 16.4. The van der Waals surface area contributed by atoms with Crippen LogP contribution in [-0.4, -0.2) is 12.0 Å². The zero-order valence-electron chi connectivity index (χ0n) is 12.8. The summed E-state index contributed by atoms with van der Waals surface area (Å²) in [6, 6.07) is 13.6. The predicted octanol–water partition coefficient (Wildman–Crippen LogP) is 4.24. The maximum absolute atomic E-state index is 4.21. The number of aromatic nitrogens is 1. The summed E-state index contributed by atoms with van der Waals surface area (Å²) >= 11 is 0. The fraction of sp³-hybridized carbons (Fsp3) is 0.421. The van der Waals surface area contributed by atoms with Crippen molar-refractivity contribution in [2.45, 2.75) is 44.1 Å². The Hall–Kier alpha value is -1.67. The lowest BCUT2D eigenvalue weighted by atomic mass is 9.76. The molecule has 1 heterocycles. The van der Waals surface area contributed by atoms with Crippen molar-refractivity contribution in [3.63, 3.8) is 0 Å². The molecule has 1 saturated carbocycles. The van der Waals surface area contributed by atoms with Gasteiger partial charge in [-0.3, -0.25) is 4.98 Å². The van der Waals surface area contributed by atoms with Gasteiger partial charge < -0.3 is 5.32 Å². The van der Waals surface area contributed by atoms with Crippen molar-refractivity contribution in [1.82, 2.24) is 10.3 Å². The van der Waals surface area contributed by atoms with Crippen LogP contribution in [0.1, 0.15) is 54.3 Å². The van der Waals surface area contributed by atoms with Gasteiger partial charge in [0, 0.05) is 18.4 Å². The summed E-state index contributed by atoms with van der Waals surface area (Å²) in [5.41, 5.74) is 4.38. The lowest BCUT2D eigenvalue weighted by molar-refractivity contribution is 0.411. The van der Waals surface area contributed by atoms with Crippen LogP contribution in [0.4, 0.5) is 0 Å². The van der Waals surface area contributed by atoms with E-state index in [1.807, 2.05) is 18.5 Å². The number of aryl methyl sites for hydroxylation is 1. The van der Waals surface area contributed by atoms with Gasteiger partial charge in [-0.25, -0.2) is 0 Å². The monoisotopic (exact) mass is 280 g/mol. The Balaban J connectivity index is 1.73. The molecule has 1 fully saturated rings. The Morgan fingerprint density at radius 2 is 2.05 bits per heavy atom. The van der Waals surface area contributed by atoms with Crippen LogP contribution in [0.15, 0.2) is 48.8 Å². The molecular formula is C19H24N2. The number of benzene rings is 1.